The molecular weight excluding hydrogens is 268 g/mol. The molecule has 0 bridgehead atoms. The van der Waals surface area contributed by atoms with Crippen LogP contribution in [0.25, 0.3) is 0 Å². The highest BCUT2D eigenvalue weighted by molar-refractivity contribution is 5.74. The molecule has 0 heterocycles. The first-order valence-corrected chi connectivity index (χ1v) is 6.76. The van der Waals surface area contributed by atoms with E-state index in [2.05, 4.69) is 0 Å². The molecule has 4 nitrogen and oxygen atoms in total. The van der Waals surface area contributed by atoms with Crippen LogP contribution in [0.3, 0.4) is 0 Å². The number of aliphatic carboxylic acids is 1. The van der Waals surface area contributed by atoms with Crippen molar-refractivity contribution < 1.29 is 19.7 Å². The molecule has 0 aliphatic rings. The zero-order valence-corrected chi connectivity index (χ0v) is 12.0. The predicted octanol–water partition coefficient (Wildman–Crippen LogP) is 3.72. The number of phenols is 1. The van der Waals surface area contributed by atoms with Crippen LogP contribution in [0.1, 0.15) is 37.0 Å². The molecule has 0 spiro atoms. The van der Waals surface area contributed by atoms with Gasteiger partial charge in [0.2, 0.25) is 6.10 Å². The van der Waals surface area contributed by atoms with Crippen molar-refractivity contribution in [2.75, 3.05) is 0 Å². The Labute approximate surface area is 123 Å². The van der Waals surface area contributed by atoms with Gasteiger partial charge >= 0.3 is 5.97 Å². The van der Waals surface area contributed by atoms with Gasteiger partial charge in [-0.1, -0.05) is 44.2 Å². The Balaban J connectivity index is 2.30. The van der Waals surface area contributed by atoms with Gasteiger partial charge in [-0.25, -0.2) is 4.79 Å². The summed E-state index contributed by atoms with van der Waals surface area (Å²) in [5.74, 6) is -0.328. The fraction of sp³-hybridized carbons (Fsp3) is 0.235. The van der Waals surface area contributed by atoms with Crippen LogP contribution in [-0.4, -0.2) is 16.2 Å². The minimum Gasteiger partial charge on any atom is -0.508 e. The minimum absolute atomic E-state index is 0.119. The normalized spacial score (nSPS) is 12.1. The van der Waals surface area contributed by atoms with E-state index < -0.39 is 12.1 Å². The molecule has 4 heteroatoms. The second-order valence-corrected chi connectivity index (χ2v) is 5.12. The summed E-state index contributed by atoms with van der Waals surface area (Å²) in [5.41, 5.74) is 1.30. The third kappa shape index (κ3) is 3.54. The van der Waals surface area contributed by atoms with E-state index in [1.807, 2.05) is 19.9 Å². The van der Waals surface area contributed by atoms with E-state index in [0.717, 1.165) is 5.56 Å². The largest absolute Gasteiger partial charge is 0.508 e. The van der Waals surface area contributed by atoms with E-state index in [4.69, 9.17) is 4.74 Å². The second-order valence-electron chi connectivity index (χ2n) is 5.12. The Morgan fingerprint density at radius 3 is 2.33 bits per heavy atom. The molecule has 0 saturated heterocycles. The predicted molar refractivity (Wildman–Crippen MR) is 79.6 cm³/mol. The summed E-state index contributed by atoms with van der Waals surface area (Å²) >= 11 is 0. The van der Waals surface area contributed by atoms with Crippen molar-refractivity contribution in [3.63, 3.8) is 0 Å². The molecule has 1 unspecified atom stereocenters. The first-order chi connectivity index (χ1) is 9.99. The molecule has 0 saturated carbocycles. The quantitative estimate of drug-likeness (QED) is 0.879. The molecule has 2 rings (SSSR count). The molecule has 21 heavy (non-hydrogen) atoms. The summed E-state index contributed by atoms with van der Waals surface area (Å²) in [6.45, 7) is 3.90. The lowest BCUT2D eigenvalue weighted by Crippen LogP contribution is -2.18. The number of rotatable bonds is 5. The highest BCUT2D eigenvalue weighted by atomic mass is 16.5. The molecule has 1 atom stereocenters. The van der Waals surface area contributed by atoms with E-state index in [1.54, 1.807) is 36.4 Å². The first-order valence-electron chi connectivity index (χ1n) is 6.76. The van der Waals surface area contributed by atoms with E-state index >= 15 is 0 Å². The Morgan fingerprint density at radius 1 is 1.10 bits per heavy atom. The Hall–Kier alpha value is -2.49. The van der Waals surface area contributed by atoms with Crippen molar-refractivity contribution >= 4 is 5.97 Å². The smallest absolute Gasteiger partial charge is 0.349 e. The molecule has 0 aromatic heterocycles. The molecular formula is C17H18O4. The lowest BCUT2D eigenvalue weighted by atomic mass is 10.0. The average Bonchev–Trinajstić information content (AvgIpc) is 2.46. The lowest BCUT2D eigenvalue weighted by molar-refractivity contribution is -0.145. The number of hydrogen-bond acceptors (Lipinski definition) is 3. The van der Waals surface area contributed by atoms with Gasteiger partial charge in [0.25, 0.3) is 0 Å². The maximum Gasteiger partial charge on any atom is 0.349 e. The molecule has 110 valence electrons. The van der Waals surface area contributed by atoms with Gasteiger partial charge in [-0.05, 0) is 24.1 Å². The SMILES string of the molecule is CC(C)c1cc(OC(C(=O)O)c2ccccc2)ccc1O. The molecule has 0 fully saturated rings. The molecule has 0 aliphatic carbocycles. The maximum atomic E-state index is 11.4. The van der Waals surface area contributed by atoms with E-state index in [-0.39, 0.29) is 11.7 Å². The van der Waals surface area contributed by atoms with Crippen molar-refractivity contribution in [2.24, 2.45) is 0 Å². The monoisotopic (exact) mass is 286 g/mol. The van der Waals surface area contributed by atoms with Gasteiger partial charge in [0, 0.05) is 11.1 Å². The van der Waals surface area contributed by atoms with Crippen LogP contribution >= 0.6 is 0 Å². The Kier molecular flexibility index (Phi) is 4.48. The molecule has 2 aromatic carbocycles. The molecule has 2 N–H and O–H groups in total. The Morgan fingerprint density at radius 2 is 1.76 bits per heavy atom. The van der Waals surface area contributed by atoms with Gasteiger partial charge in [0.1, 0.15) is 11.5 Å². The number of phenolic OH excluding ortho intramolecular Hbond substituents is 1. The van der Waals surface area contributed by atoms with Gasteiger partial charge in [0.05, 0.1) is 0 Å². The van der Waals surface area contributed by atoms with Crippen LogP contribution in [0.15, 0.2) is 48.5 Å². The van der Waals surface area contributed by atoms with E-state index in [0.29, 0.717) is 11.3 Å². The standard InChI is InChI=1S/C17H18O4/c1-11(2)14-10-13(8-9-15(14)18)21-16(17(19)20)12-6-4-3-5-7-12/h3-11,16,18H,1-2H3,(H,19,20). The fourth-order valence-electron chi connectivity index (χ4n) is 2.09. The van der Waals surface area contributed by atoms with Crippen LogP contribution in [0.2, 0.25) is 0 Å². The van der Waals surface area contributed by atoms with Crippen molar-refractivity contribution in [1.29, 1.82) is 0 Å². The fourth-order valence-corrected chi connectivity index (χ4v) is 2.09. The average molecular weight is 286 g/mol. The summed E-state index contributed by atoms with van der Waals surface area (Å²) in [5, 5.41) is 19.1. The van der Waals surface area contributed by atoms with Crippen molar-refractivity contribution in [1.82, 2.24) is 0 Å². The number of ether oxygens (including phenoxy) is 1. The molecule has 0 aliphatic heterocycles. The third-order valence-electron chi connectivity index (χ3n) is 3.20. The zero-order valence-electron chi connectivity index (χ0n) is 12.0. The molecule has 0 radical (unpaired) electrons. The summed E-state index contributed by atoms with van der Waals surface area (Å²) in [7, 11) is 0. The van der Waals surface area contributed by atoms with E-state index in [9.17, 15) is 15.0 Å². The number of benzene rings is 2. The summed E-state index contributed by atoms with van der Waals surface area (Å²) < 4.78 is 5.60. The van der Waals surface area contributed by atoms with Gasteiger partial charge in [-0.2, -0.15) is 0 Å². The number of carboxylic acid groups (broad SMARTS) is 1. The zero-order chi connectivity index (χ0) is 15.4. The van der Waals surface area contributed by atoms with E-state index in [1.165, 1.54) is 6.07 Å². The van der Waals surface area contributed by atoms with Crippen molar-refractivity contribution in [2.45, 2.75) is 25.9 Å². The highest BCUT2D eigenvalue weighted by Gasteiger charge is 2.22. The topological polar surface area (TPSA) is 66.8 Å². The summed E-state index contributed by atoms with van der Waals surface area (Å²) in [4.78, 5) is 11.4. The van der Waals surface area contributed by atoms with Crippen LogP contribution in [0.4, 0.5) is 0 Å². The summed E-state index contributed by atoms with van der Waals surface area (Å²) in [6.07, 6.45) is -1.07. The van der Waals surface area contributed by atoms with Crippen molar-refractivity contribution in [3.8, 4) is 11.5 Å². The van der Waals surface area contributed by atoms with Gasteiger partial charge in [-0.3, -0.25) is 0 Å². The number of carboxylic acids is 1. The third-order valence-corrected chi connectivity index (χ3v) is 3.20. The lowest BCUT2D eigenvalue weighted by Gasteiger charge is -2.17. The van der Waals surface area contributed by atoms with Crippen LogP contribution in [-0.2, 0) is 4.79 Å². The van der Waals surface area contributed by atoms with Crippen LogP contribution in [0, 0.1) is 0 Å². The van der Waals surface area contributed by atoms with Gasteiger partial charge < -0.3 is 14.9 Å². The van der Waals surface area contributed by atoms with Gasteiger partial charge in [-0.15, -0.1) is 0 Å². The van der Waals surface area contributed by atoms with Crippen LogP contribution in [0.5, 0.6) is 11.5 Å². The minimum atomic E-state index is -1.07. The summed E-state index contributed by atoms with van der Waals surface area (Å²) in [6, 6.07) is 13.6. The van der Waals surface area contributed by atoms with Gasteiger partial charge in [0.15, 0.2) is 0 Å². The molecule has 0 amide bonds. The first kappa shape index (κ1) is 14.9. The number of hydrogen-bond donors (Lipinski definition) is 2. The Bertz CT molecular complexity index is 620. The number of aromatic hydroxyl groups is 1. The van der Waals surface area contributed by atoms with Crippen LogP contribution < -0.4 is 4.74 Å². The molecule has 2 aromatic rings. The maximum absolute atomic E-state index is 11.4. The number of carbonyl (C=O) groups is 1. The highest BCUT2D eigenvalue weighted by Crippen LogP contribution is 2.31. The second kappa shape index (κ2) is 6.31. The van der Waals surface area contributed by atoms with Crippen molar-refractivity contribution in [3.05, 3.63) is 59.7 Å².